The highest BCUT2D eigenvalue weighted by atomic mass is 19.3. The van der Waals surface area contributed by atoms with Gasteiger partial charge >= 0.3 is 11.9 Å². The van der Waals surface area contributed by atoms with E-state index in [-0.39, 0.29) is 30.4 Å². The quantitative estimate of drug-likeness (QED) is 0.423. The number of nitrogens with one attached hydrogen (secondary N) is 3. The second kappa shape index (κ2) is 9.84. The maximum absolute atomic E-state index is 14.1. The Morgan fingerprint density at radius 1 is 1.41 bits per heavy atom. The maximum atomic E-state index is 14.1. The first kappa shape index (κ1) is 23.3. The van der Waals surface area contributed by atoms with Gasteiger partial charge in [0.15, 0.2) is 6.29 Å². The summed E-state index contributed by atoms with van der Waals surface area (Å²) in [4.78, 5) is 28.1. The second-order valence-corrected chi connectivity index (χ2v) is 7.66. The fourth-order valence-electron chi connectivity index (χ4n) is 3.90. The molecule has 1 saturated carbocycles. The minimum Gasteiger partial charge on any atom is -0.495 e. The van der Waals surface area contributed by atoms with Crippen LogP contribution in [-0.2, 0) is 4.79 Å². The second-order valence-electron chi connectivity index (χ2n) is 7.66. The molecule has 1 aromatic carbocycles. The number of anilines is 1. The van der Waals surface area contributed by atoms with Crippen LogP contribution in [-0.4, -0.2) is 67.4 Å². The van der Waals surface area contributed by atoms with Crippen LogP contribution in [0.1, 0.15) is 36.0 Å². The number of carbonyl (C=O) groups excluding carboxylic acids is 1. The molecule has 1 aromatic rings. The summed E-state index contributed by atoms with van der Waals surface area (Å²) in [5, 5.41) is 18.3. The third kappa shape index (κ3) is 5.27. The average Bonchev–Trinajstić information content (AvgIpc) is 3.32. The molecule has 0 spiro atoms. The van der Waals surface area contributed by atoms with Crippen LogP contribution in [0.4, 0.5) is 14.5 Å². The molecule has 4 N–H and O–H groups in total. The minimum atomic E-state index is -3.49. The van der Waals surface area contributed by atoms with Crippen molar-refractivity contribution in [1.82, 2.24) is 15.5 Å². The summed E-state index contributed by atoms with van der Waals surface area (Å²) >= 11 is 0. The molecule has 3 rings (SSSR count). The number of benzene rings is 1. The Morgan fingerprint density at radius 3 is 2.72 bits per heavy atom. The van der Waals surface area contributed by atoms with E-state index in [4.69, 9.17) is 9.84 Å². The number of aliphatic imine (C=N–C) groups is 1. The van der Waals surface area contributed by atoms with Gasteiger partial charge in [-0.3, -0.25) is 4.79 Å². The molecule has 1 fully saturated rings. The third-order valence-corrected chi connectivity index (χ3v) is 5.53. The first-order chi connectivity index (χ1) is 15.3. The minimum absolute atomic E-state index is 0.0625. The summed E-state index contributed by atoms with van der Waals surface area (Å²) in [5.74, 6) is -3.57. The van der Waals surface area contributed by atoms with Crippen LogP contribution in [0.25, 0.3) is 0 Å². The Hall–Kier alpha value is -3.37. The molecule has 0 aromatic heterocycles. The predicted octanol–water partition coefficient (Wildman–Crippen LogP) is 2.23. The molecule has 1 heterocycles. The van der Waals surface area contributed by atoms with Gasteiger partial charge in [-0.05, 0) is 31.0 Å². The monoisotopic (exact) mass is 451 g/mol. The number of rotatable bonds is 9. The van der Waals surface area contributed by atoms with Crippen LogP contribution in [0.5, 0.6) is 5.75 Å². The number of hydrogen-bond donors (Lipinski definition) is 4. The molecule has 0 unspecified atom stereocenters. The maximum Gasteiger partial charge on any atom is 0.335 e. The van der Waals surface area contributed by atoms with Gasteiger partial charge in [-0.15, -0.1) is 0 Å². The van der Waals surface area contributed by atoms with E-state index in [1.807, 2.05) is 0 Å². The van der Waals surface area contributed by atoms with Crippen molar-refractivity contribution in [2.24, 2.45) is 4.99 Å². The summed E-state index contributed by atoms with van der Waals surface area (Å²) in [6.45, 7) is -0.537. The lowest BCUT2D eigenvalue weighted by atomic mass is 10.1. The number of nitrogens with zero attached hydrogens (tertiary/aromatic N) is 2. The molecule has 9 nitrogen and oxygen atoms in total. The SMILES string of the molecule is CNC1=C(N(CC(F)(F)C=O)C2CCCC2)NC(Nc2ccc(C(=O)O)cc2OC)=NC1. The zero-order valence-electron chi connectivity index (χ0n) is 18.0. The average molecular weight is 451 g/mol. The van der Waals surface area contributed by atoms with Crippen LogP contribution in [0.2, 0.25) is 0 Å². The molecule has 0 saturated heterocycles. The van der Waals surface area contributed by atoms with E-state index in [1.54, 1.807) is 18.0 Å². The normalized spacial score (nSPS) is 16.8. The van der Waals surface area contributed by atoms with Crippen molar-refractivity contribution in [2.45, 2.75) is 37.6 Å². The molecule has 1 aliphatic heterocycles. The lowest BCUT2D eigenvalue weighted by Crippen LogP contribution is -2.50. The van der Waals surface area contributed by atoms with E-state index in [0.29, 0.717) is 23.0 Å². The van der Waals surface area contributed by atoms with E-state index >= 15 is 0 Å². The number of carboxylic acids is 1. The van der Waals surface area contributed by atoms with Crippen LogP contribution in [0, 0.1) is 0 Å². The number of alkyl halides is 2. The molecule has 32 heavy (non-hydrogen) atoms. The Labute approximate surface area is 184 Å². The number of likely N-dealkylation sites (N-methyl/N-ethyl adjacent to an activating group) is 1. The summed E-state index contributed by atoms with van der Waals surface area (Å²) in [6.07, 6.45) is 3.05. The summed E-state index contributed by atoms with van der Waals surface area (Å²) in [5.41, 5.74) is 1.14. The number of aldehydes is 1. The summed E-state index contributed by atoms with van der Waals surface area (Å²) < 4.78 is 33.5. The molecule has 174 valence electrons. The zero-order valence-corrected chi connectivity index (χ0v) is 18.0. The molecule has 11 heteroatoms. The number of ether oxygens (including phenoxy) is 1. The molecule has 0 radical (unpaired) electrons. The number of carboxylic acid groups (broad SMARTS) is 1. The van der Waals surface area contributed by atoms with Gasteiger partial charge < -0.3 is 30.7 Å². The lowest BCUT2D eigenvalue weighted by Gasteiger charge is -2.37. The molecular weight excluding hydrogens is 424 g/mol. The van der Waals surface area contributed by atoms with E-state index in [2.05, 4.69) is 20.9 Å². The van der Waals surface area contributed by atoms with Gasteiger partial charge in [0.1, 0.15) is 11.6 Å². The topological polar surface area (TPSA) is 115 Å². The number of carbonyl (C=O) groups is 2. The largest absolute Gasteiger partial charge is 0.495 e. The number of methoxy groups -OCH3 is 1. The predicted molar refractivity (Wildman–Crippen MR) is 115 cm³/mol. The smallest absolute Gasteiger partial charge is 0.335 e. The Balaban J connectivity index is 1.86. The molecular formula is C21H27F2N5O4. The summed E-state index contributed by atoms with van der Waals surface area (Å²) in [7, 11) is 3.10. The van der Waals surface area contributed by atoms with Crippen molar-refractivity contribution in [2.75, 3.05) is 32.6 Å². The zero-order chi connectivity index (χ0) is 23.3. The third-order valence-electron chi connectivity index (χ3n) is 5.53. The molecule has 2 aliphatic rings. The van der Waals surface area contributed by atoms with Gasteiger partial charge in [-0.25, -0.2) is 9.79 Å². The molecule has 0 atom stereocenters. The highest BCUT2D eigenvalue weighted by Gasteiger charge is 2.37. The molecule has 0 bridgehead atoms. The van der Waals surface area contributed by atoms with E-state index < -0.39 is 18.4 Å². The first-order valence-electron chi connectivity index (χ1n) is 10.3. The number of halogens is 2. The molecule has 0 amide bonds. The van der Waals surface area contributed by atoms with Crippen molar-refractivity contribution in [3.63, 3.8) is 0 Å². The van der Waals surface area contributed by atoms with Gasteiger partial charge in [0, 0.05) is 13.1 Å². The standard InChI is InChI=1S/C21H27F2N5O4/c1-24-16-10-25-20(26-15-8-7-13(19(30)31)9-17(15)32-2)27-18(16)28(11-21(22,23)12-29)14-5-3-4-6-14/h7-9,12,14,24H,3-6,10-11H2,1-2H3,(H,30,31)(H2,25,26,27). The Morgan fingerprint density at radius 2 is 2.12 bits per heavy atom. The van der Waals surface area contributed by atoms with Crippen LogP contribution < -0.4 is 20.7 Å². The first-order valence-corrected chi connectivity index (χ1v) is 10.3. The van der Waals surface area contributed by atoms with Gasteiger partial charge in [0.05, 0.1) is 37.1 Å². The number of hydrogen-bond acceptors (Lipinski definition) is 8. The fourth-order valence-corrected chi connectivity index (χ4v) is 3.90. The van der Waals surface area contributed by atoms with Gasteiger partial charge in [-0.1, -0.05) is 12.8 Å². The molecule has 1 aliphatic carbocycles. The van der Waals surface area contributed by atoms with E-state index in [9.17, 15) is 18.4 Å². The highest BCUT2D eigenvalue weighted by molar-refractivity contribution is 5.97. The van der Waals surface area contributed by atoms with E-state index in [1.165, 1.54) is 19.2 Å². The highest BCUT2D eigenvalue weighted by Crippen LogP contribution is 2.30. The van der Waals surface area contributed by atoms with Gasteiger partial charge in [-0.2, -0.15) is 8.78 Å². The Bertz CT molecular complexity index is 929. The fraction of sp³-hybridized carbons (Fsp3) is 0.476. The van der Waals surface area contributed by atoms with Crippen molar-refractivity contribution in [1.29, 1.82) is 0 Å². The van der Waals surface area contributed by atoms with Crippen molar-refractivity contribution < 1.29 is 28.2 Å². The van der Waals surface area contributed by atoms with E-state index in [0.717, 1.165) is 25.7 Å². The van der Waals surface area contributed by atoms with Crippen molar-refractivity contribution in [3.8, 4) is 5.75 Å². The Kier molecular flexibility index (Phi) is 7.16. The van der Waals surface area contributed by atoms with Crippen LogP contribution in [0.15, 0.2) is 34.7 Å². The van der Waals surface area contributed by atoms with Gasteiger partial charge in [0.2, 0.25) is 5.96 Å². The van der Waals surface area contributed by atoms with Crippen LogP contribution in [0.3, 0.4) is 0 Å². The van der Waals surface area contributed by atoms with Crippen molar-refractivity contribution >= 4 is 23.9 Å². The van der Waals surface area contributed by atoms with Crippen molar-refractivity contribution in [3.05, 3.63) is 35.3 Å². The summed E-state index contributed by atoms with van der Waals surface area (Å²) in [6, 6.07) is 4.20. The number of aromatic carboxylic acids is 1. The number of guanidine groups is 1. The van der Waals surface area contributed by atoms with Crippen LogP contribution >= 0.6 is 0 Å². The lowest BCUT2D eigenvalue weighted by molar-refractivity contribution is -0.131. The van der Waals surface area contributed by atoms with Gasteiger partial charge in [0.25, 0.3) is 0 Å².